The van der Waals surface area contributed by atoms with Gasteiger partial charge in [-0.3, -0.25) is 9.59 Å². The molecule has 2 aromatic rings. The summed E-state index contributed by atoms with van der Waals surface area (Å²) < 4.78 is 1.95. The van der Waals surface area contributed by atoms with E-state index >= 15 is 0 Å². The predicted octanol–water partition coefficient (Wildman–Crippen LogP) is 2.37. The van der Waals surface area contributed by atoms with Crippen LogP contribution in [0.4, 0.5) is 0 Å². The molecule has 25 heavy (non-hydrogen) atoms. The van der Waals surface area contributed by atoms with Crippen molar-refractivity contribution >= 4 is 17.3 Å². The minimum atomic E-state index is -0.301. The maximum atomic E-state index is 12.6. The van der Waals surface area contributed by atoms with Crippen molar-refractivity contribution in [3.05, 3.63) is 35.9 Å². The van der Waals surface area contributed by atoms with Crippen LogP contribution in [-0.2, 0) is 10.2 Å². The van der Waals surface area contributed by atoms with Crippen molar-refractivity contribution in [3.63, 3.8) is 0 Å². The van der Waals surface area contributed by atoms with Gasteiger partial charge in [-0.2, -0.15) is 0 Å². The molecule has 0 aromatic carbocycles. The number of nitrogens with zero attached hydrogens (tertiary/aromatic N) is 3. The Balaban J connectivity index is 1.77. The van der Waals surface area contributed by atoms with E-state index in [1.54, 1.807) is 0 Å². The molecule has 0 aliphatic carbocycles. The molecule has 6 nitrogen and oxygen atoms in total. The first-order valence-corrected chi connectivity index (χ1v) is 8.91. The number of pyridine rings is 1. The number of likely N-dealkylation sites (tertiary alicyclic amines) is 1. The van der Waals surface area contributed by atoms with Crippen LogP contribution >= 0.6 is 0 Å². The number of fused-ring (bicyclic) bond motifs is 1. The first-order valence-electron chi connectivity index (χ1n) is 8.91. The van der Waals surface area contributed by atoms with E-state index < -0.39 is 0 Å². The molecule has 2 aromatic heterocycles. The number of piperidine rings is 1. The molecule has 0 spiro atoms. The number of carbonyl (C=O) groups excluding carboxylic acids is 2. The van der Waals surface area contributed by atoms with Crippen LogP contribution in [0.25, 0.3) is 5.52 Å². The van der Waals surface area contributed by atoms with Crippen LogP contribution in [0.1, 0.15) is 56.3 Å². The molecule has 1 fully saturated rings. The highest BCUT2D eigenvalue weighted by Gasteiger charge is 2.25. The SMILES string of the molecule is CC(C)(C)c1nc(C(=O)NCC(=O)N2CCCCC2)c2ccccn12. The zero-order valence-corrected chi connectivity index (χ0v) is 15.2. The summed E-state index contributed by atoms with van der Waals surface area (Å²) in [5.41, 5.74) is 0.944. The van der Waals surface area contributed by atoms with Crippen molar-refractivity contribution in [1.82, 2.24) is 19.6 Å². The summed E-state index contributed by atoms with van der Waals surface area (Å²) in [6, 6.07) is 5.69. The van der Waals surface area contributed by atoms with E-state index in [4.69, 9.17) is 0 Å². The van der Waals surface area contributed by atoms with Crippen LogP contribution in [0.15, 0.2) is 24.4 Å². The number of hydrogen-bond acceptors (Lipinski definition) is 3. The average Bonchev–Trinajstić information content (AvgIpc) is 3.00. The van der Waals surface area contributed by atoms with Gasteiger partial charge in [0.2, 0.25) is 5.91 Å². The Morgan fingerprint density at radius 3 is 2.56 bits per heavy atom. The lowest BCUT2D eigenvalue weighted by Gasteiger charge is -2.26. The largest absolute Gasteiger partial charge is 0.342 e. The van der Waals surface area contributed by atoms with Gasteiger partial charge in [0.25, 0.3) is 5.91 Å². The third-order valence-corrected chi connectivity index (χ3v) is 4.54. The molecule has 1 N–H and O–H groups in total. The lowest BCUT2D eigenvalue weighted by Crippen LogP contribution is -2.42. The van der Waals surface area contributed by atoms with Gasteiger partial charge in [0.15, 0.2) is 5.69 Å². The quantitative estimate of drug-likeness (QED) is 0.931. The summed E-state index contributed by atoms with van der Waals surface area (Å²) in [6.45, 7) is 7.80. The fraction of sp³-hybridized carbons (Fsp3) is 0.526. The Morgan fingerprint density at radius 2 is 1.88 bits per heavy atom. The molecule has 1 aliphatic rings. The van der Waals surface area contributed by atoms with Gasteiger partial charge in [0.05, 0.1) is 12.1 Å². The molecular weight excluding hydrogens is 316 g/mol. The van der Waals surface area contributed by atoms with E-state index in [1.165, 1.54) is 6.42 Å². The van der Waals surface area contributed by atoms with E-state index in [0.717, 1.165) is 37.3 Å². The highest BCUT2D eigenvalue weighted by atomic mass is 16.2. The Morgan fingerprint density at radius 1 is 1.16 bits per heavy atom. The summed E-state index contributed by atoms with van der Waals surface area (Å²) in [5.74, 6) is 0.507. The average molecular weight is 342 g/mol. The summed E-state index contributed by atoms with van der Waals surface area (Å²) in [6.07, 6.45) is 5.17. The third-order valence-electron chi connectivity index (χ3n) is 4.54. The number of rotatable bonds is 3. The van der Waals surface area contributed by atoms with Crippen LogP contribution in [0.2, 0.25) is 0 Å². The highest BCUT2D eigenvalue weighted by molar-refractivity contribution is 6.00. The molecule has 1 saturated heterocycles. The van der Waals surface area contributed by atoms with Crippen molar-refractivity contribution in [2.45, 2.75) is 45.4 Å². The molecule has 0 atom stereocenters. The topological polar surface area (TPSA) is 66.7 Å². The van der Waals surface area contributed by atoms with Crippen LogP contribution in [0.5, 0.6) is 0 Å². The van der Waals surface area contributed by atoms with E-state index in [0.29, 0.717) is 5.69 Å². The summed E-state index contributed by atoms with van der Waals surface area (Å²) >= 11 is 0. The molecule has 0 bridgehead atoms. The second-order valence-corrected chi connectivity index (χ2v) is 7.61. The number of nitrogens with one attached hydrogen (secondary N) is 1. The van der Waals surface area contributed by atoms with Gasteiger partial charge in [-0.15, -0.1) is 0 Å². The molecule has 1 aliphatic heterocycles. The Kier molecular flexibility index (Phi) is 4.79. The smallest absolute Gasteiger partial charge is 0.272 e. The summed E-state index contributed by atoms with van der Waals surface area (Å²) in [7, 11) is 0. The minimum Gasteiger partial charge on any atom is -0.342 e. The fourth-order valence-electron chi connectivity index (χ4n) is 3.23. The number of imidazole rings is 1. The monoisotopic (exact) mass is 342 g/mol. The molecule has 0 unspecified atom stereocenters. The second-order valence-electron chi connectivity index (χ2n) is 7.61. The molecular formula is C19H26N4O2. The van der Waals surface area contributed by atoms with Crippen molar-refractivity contribution in [2.75, 3.05) is 19.6 Å². The van der Waals surface area contributed by atoms with Gasteiger partial charge < -0.3 is 14.6 Å². The van der Waals surface area contributed by atoms with Gasteiger partial charge in [0, 0.05) is 24.7 Å². The van der Waals surface area contributed by atoms with Crippen molar-refractivity contribution in [3.8, 4) is 0 Å². The molecule has 2 amide bonds. The standard InChI is InChI=1S/C19H26N4O2/c1-19(2,3)18-21-16(14-9-5-8-12-23(14)18)17(25)20-13-15(24)22-10-6-4-7-11-22/h5,8-9,12H,4,6-7,10-11,13H2,1-3H3,(H,20,25). The van der Waals surface area contributed by atoms with Crippen molar-refractivity contribution in [2.24, 2.45) is 0 Å². The van der Waals surface area contributed by atoms with Crippen LogP contribution in [0, 0.1) is 0 Å². The maximum absolute atomic E-state index is 12.6. The lowest BCUT2D eigenvalue weighted by molar-refractivity contribution is -0.130. The minimum absolute atomic E-state index is 0.0207. The summed E-state index contributed by atoms with van der Waals surface area (Å²) in [4.78, 5) is 31.3. The fourth-order valence-corrected chi connectivity index (χ4v) is 3.23. The van der Waals surface area contributed by atoms with E-state index in [1.807, 2.05) is 33.7 Å². The molecule has 134 valence electrons. The molecule has 3 rings (SSSR count). The predicted molar refractivity (Wildman–Crippen MR) is 96.7 cm³/mol. The van der Waals surface area contributed by atoms with Gasteiger partial charge in [-0.25, -0.2) is 4.98 Å². The van der Waals surface area contributed by atoms with Gasteiger partial charge in [-0.1, -0.05) is 26.8 Å². The van der Waals surface area contributed by atoms with Crippen LogP contribution in [0.3, 0.4) is 0 Å². The summed E-state index contributed by atoms with van der Waals surface area (Å²) in [5, 5.41) is 2.75. The zero-order chi connectivity index (χ0) is 18.0. The van der Waals surface area contributed by atoms with Crippen molar-refractivity contribution in [1.29, 1.82) is 0 Å². The van der Waals surface area contributed by atoms with Gasteiger partial charge in [0.1, 0.15) is 5.82 Å². The van der Waals surface area contributed by atoms with Gasteiger partial charge in [-0.05, 0) is 31.4 Å². The molecule has 6 heteroatoms. The second kappa shape index (κ2) is 6.86. The lowest BCUT2D eigenvalue weighted by atomic mass is 9.96. The Bertz CT molecular complexity index is 782. The Hall–Kier alpha value is -2.37. The van der Waals surface area contributed by atoms with Crippen LogP contribution < -0.4 is 5.32 Å². The Labute approximate surface area is 148 Å². The zero-order valence-electron chi connectivity index (χ0n) is 15.2. The van der Waals surface area contributed by atoms with Gasteiger partial charge >= 0.3 is 0 Å². The first kappa shape index (κ1) is 17.5. The van der Waals surface area contributed by atoms with E-state index in [-0.39, 0.29) is 23.8 Å². The normalized spacial score (nSPS) is 15.4. The number of carbonyl (C=O) groups is 2. The first-order chi connectivity index (χ1) is 11.9. The van der Waals surface area contributed by atoms with E-state index in [2.05, 4.69) is 31.1 Å². The number of amides is 2. The highest BCUT2D eigenvalue weighted by Crippen LogP contribution is 2.24. The molecule has 3 heterocycles. The molecule has 0 radical (unpaired) electrons. The number of hydrogen-bond donors (Lipinski definition) is 1. The van der Waals surface area contributed by atoms with E-state index in [9.17, 15) is 9.59 Å². The maximum Gasteiger partial charge on any atom is 0.272 e. The van der Waals surface area contributed by atoms with Crippen molar-refractivity contribution < 1.29 is 9.59 Å². The van der Waals surface area contributed by atoms with Crippen LogP contribution in [-0.4, -0.2) is 45.7 Å². The third kappa shape index (κ3) is 3.67. The number of aromatic nitrogens is 2. The molecule has 0 saturated carbocycles.